The molecule has 0 radical (unpaired) electrons. The van der Waals surface area contributed by atoms with E-state index >= 15 is 0 Å². The maximum Gasteiger partial charge on any atom is 0.235 e. The van der Waals surface area contributed by atoms with Gasteiger partial charge in [0.05, 0.1) is 12.3 Å². The topological polar surface area (TPSA) is 91.3 Å². The zero-order valence-corrected chi connectivity index (χ0v) is 13.1. The molecule has 0 saturated heterocycles. The second kappa shape index (κ2) is 7.88. The number of hydrogen-bond donors (Lipinski definition) is 3. The lowest BCUT2D eigenvalue weighted by molar-refractivity contribution is -0.126. The minimum Gasteiger partial charge on any atom is -0.395 e. The van der Waals surface area contributed by atoms with E-state index in [4.69, 9.17) is 16.7 Å². The number of anilines is 1. The molecule has 0 saturated carbocycles. The number of aliphatic hydroxyl groups is 1. The molecule has 1 aromatic heterocycles. The van der Waals surface area contributed by atoms with Crippen LogP contribution in [-0.4, -0.2) is 35.1 Å². The molecule has 2 rings (SSSR count). The van der Waals surface area contributed by atoms with Gasteiger partial charge in [-0.15, -0.1) is 11.3 Å². The number of benzene rings is 1. The van der Waals surface area contributed by atoms with Crippen LogP contribution in [0, 0.1) is 0 Å². The highest BCUT2D eigenvalue weighted by Gasteiger charge is 2.11. The van der Waals surface area contributed by atoms with Crippen LogP contribution in [0.1, 0.15) is 6.42 Å². The lowest BCUT2D eigenvalue weighted by atomic mass is 10.2. The van der Waals surface area contributed by atoms with Crippen molar-refractivity contribution in [1.82, 2.24) is 10.3 Å². The number of carbonyl (C=O) groups excluding carboxylic acids is 2. The standard InChI is InChI=1S/C14H14ClN3O3S/c15-10-3-1-9(2-4-10)11-8-22-14(17-11)18-13(21)7-12(20)16-5-6-19/h1-4,8,19H,5-7H2,(H,16,20)(H,17,18,21). The van der Waals surface area contributed by atoms with E-state index in [1.807, 2.05) is 17.5 Å². The molecule has 0 aliphatic heterocycles. The van der Waals surface area contributed by atoms with Crippen LogP contribution in [-0.2, 0) is 9.59 Å². The summed E-state index contributed by atoms with van der Waals surface area (Å²) in [5.41, 5.74) is 1.61. The van der Waals surface area contributed by atoms with Crippen LogP contribution in [0.15, 0.2) is 29.6 Å². The van der Waals surface area contributed by atoms with Crippen LogP contribution in [0.25, 0.3) is 11.3 Å². The Balaban J connectivity index is 1.93. The number of aromatic nitrogens is 1. The zero-order valence-electron chi connectivity index (χ0n) is 11.5. The molecule has 2 amide bonds. The summed E-state index contributed by atoms with van der Waals surface area (Å²) in [6, 6.07) is 7.20. The van der Waals surface area contributed by atoms with Crippen molar-refractivity contribution in [2.75, 3.05) is 18.5 Å². The second-order valence-electron chi connectivity index (χ2n) is 4.34. The van der Waals surface area contributed by atoms with Gasteiger partial charge in [0.1, 0.15) is 6.42 Å². The quantitative estimate of drug-likeness (QED) is 0.701. The van der Waals surface area contributed by atoms with Crippen LogP contribution >= 0.6 is 22.9 Å². The molecule has 6 nitrogen and oxygen atoms in total. The minimum atomic E-state index is -0.451. The first kappa shape index (κ1) is 16.4. The normalized spacial score (nSPS) is 10.3. The first-order chi connectivity index (χ1) is 10.6. The predicted molar refractivity (Wildman–Crippen MR) is 85.9 cm³/mol. The van der Waals surface area contributed by atoms with Gasteiger partial charge in [-0.05, 0) is 12.1 Å². The van der Waals surface area contributed by atoms with E-state index in [1.165, 1.54) is 11.3 Å². The molecule has 0 fully saturated rings. The Morgan fingerprint density at radius 2 is 1.95 bits per heavy atom. The molecule has 22 heavy (non-hydrogen) atoms. The number of hydrogen-bond acceptors (Lipinski definition) is 5. The number of nitrogens with one attached hydrogen (secondary N) is 2. The molecule has 0 atom stereocenters. The number of rotatable bonds is 6. The fourth-order valence-electron chi connectivity index (χ4n) is 1.65. The van der Waals surface area contributed by atoms with Crippen molar-refractivity contribution in [1.29, 1.82) is 0 Å². The first-order valence-corrected chi connectivity index (χ1v) is 7.73. The molecule has 116 valence electrons. The Kier molecular flexibility index (Phi) is 5.88. The zero-order chi connectivity index (χ0) is 15.9. The van der Waals surface area contributed by atoms with Crippen molar-refractivity contribution in [2.45, 2.75) is 6.42 Å². The number of halogens is 1. The summed E-state index contributed by atoms with van der Waals surface area (Å²) in [7, 11) is 0. The van der Waals surface area contributed by atoms with E-state index in [9.17, 15) is 9.59 Å². The summed E-state index contributed by atoms with van der Waals surface area (Å²) in [6.07, 6.45) is -0.310. The van der Waals surface area contributed by atoms with Crippen LogP contribution in [0.5, 0.6) is 0 Å². The SMILES string of the molecule is O=C(CC(=O)Nc1nc(-c2ccc(Cl)cc2)cs1)NCCO. The highest BCUT2D eigenvalue weighted by molar-refractivity contribution is 7.14. The van der Waals surface area contributed by atoms with Crippen LogP contribution in [0.3, 0.4) is 0 Å². The van der Waals surface area contributed by atoms with E-state index in [-0.39, 0.29) is 19.6 Å². The van der Waals surface area contributed by atoms with E-state index in [2.05, 4.69) is 15.6 Å². The van der Waals surface area contributed by atoms with Gasteiger partial charge in [-0.1, -0.05) is 23.7 Å². The third kappa shape index (κ3) is 4.80. The third-order valence-corrected chi connectivity index (χ3v) is 3.66. The predicted octanol–water partition coefficient (Wildman–Crippen LogP) is 1.90. The van der Waals surface area contributed by atoms with Gasteiger partial charge >= 0.3 is 0 Å². The highest BCUT2D eigenvalue weighted by atomic mass is 35.5. The molecule has 0 aliphatic carbocycles. The lowest BCUT2D eigenvalue weighted by Gasteiger charge is -2.03. The van der Waals surface area contributed by atoms with Crippen molar-refractivity contribution in [3.05, 3.63) is 34.7 Å². The second-order valence-corrected chi connectivity index (χ2v) is 5.64. The summed E-state index contributed by atoms with van der Waals surface area (Å²) in [6.45, 7) is -0.0334. The largest absolute Gasteiger partial charge is 0.395 e. The lowest BCUT2D eigenvalue weighted by Crippen LogP contribution is -2.30. The van der Waals surface area contributed by atoms with Crippen molar-refractivity contribution in [3.63, 3.8) is 0 Å². The van der Waals surface area contributed by atoms with E-state index in [0.717, 1.165) is 11.3 Å². The average molecular weight is 340 g/mol. The van der Waals surface area contributed by atoms with Gasteiger partial charge < -0.3 is 15.7 Å². The Labute approximate surface area is 136 Å². The van der Waals surface area contributed by atoms with Gasteiger partial charge in [-0.25, -0.2) is 4.98 Å². The van der Waals surface area contributed by atoms with Crippen LogP contribution in [0.4, 0.5) is 5.13 Å². The summed E-state index contributed by atoms with van der Waals surface area (Å²) < 4.78 is 0. The summed E-state index contributed by atoms with van der Waals surface area (Å²) >= 11 is 7.10. The van der Waals surface area contributed by atoms with Crippen molar-refractivity contribution >= 4 is 39.9 Å². The number of carbonyl (C=O) groups is 2. The van der Waals surface area contributed by atoms with E-state index in [1.54, 1.807) is 12.1 Å². The molecule has 0 spiro atoms. The first-order valence-electron chi connectivity index (χ1n) is 6.47. The molecule has 0 aliphatic rings. The Morgan fingerprint density at radius 1 is 1.23 bits per heavy atom. The van der Waals surface area contributed by atoms with E-state index < -0.39 is 11.8 Å². The van der Waals surface area contributed by atoms with Crippen molar-refractivity contribution in [3.8, 4) is 11.3 Å². The number of aliphatic hydroxyl groups excluding tert-OH is 1. The van der Waals surface area contributed by atoms with Gasteiger partial charge in [0, 0.05) is 22.5 Å². The maximum absolute atomic E-state index is 11.7. The number of thiazole rings is 1. The molecule has 0 unspecified atom stereocenters. The molecule has 2 aromatic rings. The van der Waals surface area contributed by atoms with Gasteiger partial charge in [0.25, 0.3) is 0 Å². The highest BCUT2D eigenvalue weighted by Crippen LogP contribution is 2.25. The van der Waals surface area contributed by atoms with Crippen molar-refractivity contribution in [2.24, 2.45) is 0 Å². The van der Waals surface area contributed by atoms with Gasteiger partial charge in [-0.2, -0.15) is 0 Å². The molecular weight excluding hydrogens is 326 g/mol. The summed E-state index contributed by atoms with van der Waals surface area (Å²) in [5.74, 6) is -0.895. The molecule has 0 bridgehead atoms. The fraction of sp³-hybridized carbons (Fsp3) is 0.214. The van der Waals surface area contributed by atoms with Crippen LogP contribution in [0.2, 0.25) is 5.02 Å². The number of amides is 2. The molecule has 3 N–H and O–H groups in total. The third-order valence-electron chi connectivity index (χ3n) is 2.65. The van der Waals surface area contributed by atoms with Gasteiger partial charge in [-0.3, -0.25) is 9.59 Å². The van der Waals surface area contributed by atoms with Crippen molar-refractivity contribution < 1.29 is 14.7 Å². The average Bonchev–Trinajstić information content (AvgIpc) is 2.94. The Bertz CT molecular complexity index is 658. The number of nitrogens with zero attached hydrogens (tertiary/aromatic N) is 1. The fourth-order valence-corrected chi connectivity index (χ4v) is 2.51. The maximum atomic E-state index is 11.7. The Hall–Kier alpha value is -1.96. The van der Waals surface area contributed by atoms with Crippen LogP contribution < -0.4 is 10.6 Å². The smallest absolute Gasteiger partial charge is 0.235 e. The monoisotopic (exact) mass is 339 g/mol. The Morgan fingerprint density at radius 3 is 2.64 bits per heavy atom. The minimum absolute atomic E-state index is 0.129. The summed E-state index contributed by atoms with van der Waals surface area (Å²) in [4.78, 5) is 27.3. The molecular formula is C14H14ClN3O3S. The molecule has 1 aromatic carbocycles. The molecule has 1 heterocycles. The van der Waals surface area contributed by atoms with Gasteiger partial charge in [0.15, 0.2) is 5.13 Å². The summed E-state index contributed by atoms with van der Waals surface area (Å²) in [5, 5.41) is 16.4. The molecule has 8 heteroatoms. The van der Waals surface area contributed by atoms with E-state index in [0.29, 0.717) is 10.2 Å². The van der Waals surface area contributed by atoms with Gasteiger partial charge in [0.2, 0.25) is 11.8 Å².